The Morgan fingerprint density at radius 3 is 2.70 bits per heavy atom. The lowest BCUT2D eigenvalue weighted by atomic mass is 9.89. The monoisotopic (exact) mass is 464 g/mol. The van der Waals surface area contributed by atoms with Gasteiger partial charge in [0.1, 0.15) is 6.10 Å². The first-order valence-electron chi connectivity index (χ1n) is 11.1. The Labute approximate surface area is 187 Å². The van der Waals surface area contributed by atoms with Gasteiger partial charge in [0.2, 0.25) is 11.7 Å². The van der Waals surface area contributed by atoms with Crippen molar-refractivity contribution in [3.05, 3.63) is 35.2 Å². The second-order valence-electron chi connectivity index (χ2n) is 8.69. The van der Waals surface area contributed by atoms with Crippen molar-refractivity contribution < 1.29 is 32.0 Å². The molecule has 3 heterocycles. The highest BCUT2D eigenvalue weighted by atomic mass is 19.4. The molecule has 8 nitrogen and oxygen atoms in total. The average molecular weight is 464 g/mol. The molecule has 2 unspecified atom stereocenters. The number of nitrogens with one attached hydrogen (secondary N) is 1. The summed E-state index contributed by atoms with van der Waals surface area (Å²) in [6.07, 6.45) is -0.153. The Balaban J connectivity index is 1.34. The maximum absolute atomic E-state index is 13.3. The Bertz CT molecular complexity index is 1060. The number of hydrogen-bond donors (Lipinski definition) is 1. The zero-order chi connectivity index (χ0) is 23.2. The fourth-order valence-corrected chi connectivity index (χ4v) is 4.90. The molecule has 33 heavy (non-hydrogen) atoms. The van der Waals surface area contributed by atoms with Crippen LogP contribution in [0.5, 0.6) is 0 Å². The molecular formula is C22H23F3N4O4. The van der Waals surface area contributed by atoms with Crippen LogP contribution in [-0.2, 0) is 22.3 Å². The van der Waals surface area contributed by atoms with Crippen molar-refractivity contribution >= 4 is 11.8 Å². The molecule has 1 aromatic carbocycles. The minimum atomic E-state index is -4.74. The molecule has 2 aliphatic heterocycles. The number of benzene rings is 1. The van der Waals surface area contributed by atoms with Gasteiger partial charge in [-0.05, 0) is 37.3 Å². The highest BCUT2D eigenvalue weighted by Crippen LogP contribution is 2.34. The molecule has 2 fully saturated rings. The van der Waals surface area contributed by atoms with Crippen LogP contribution < -0.4 is 5.32 Å². The predicted octanol–water partition coefficient (Wildman–Crippen LogP) is 3.32. The minimum absolute atomic E-state index is 0.131. The third kappa shape index (κ3) is 4.21. The largest absolute Gasteiger partial charge is 0.471 e. The lowest BCUT2D eigenvalue weighted by Gasteiger charge is -2.38. The molecule has 2 aromatic rings. The summed E-state index contributed by atoms with van der Waals surface area (Å²) < 4.78 is 48.2. The van der Waals surface area contributed by atoms with E-state index in [2.05, 4.69) is 20.0 Å². The first-order chi connectivity index (χ1) is 15.8. The van der Waals surface area contributed by atoms with Crippen LogP contribution in [-0.4, -0.2) is 51.6 Å². The SMILES string of the molecule is O=C(NC1CCCCC1N1Cc2ccc(-c3noc(C(F)(F)F)n3)cc2C1=O)[C@@H]1CCCO1. The Hall–Kier alpha value is -2.95. The van der Waals surface area contributed by atoms with Gasteiger partial charge in [0, 0.05) is 30.3 Å². The van der Waals surface area contributed by atoms with Crippen molar-refractivity contribution in [1.82, 2.24) is 20.4 Å². The number of carbonyl (C=O) groups excluding carboxylic acids is 2. The molecule has 1 saturated heterocycles. The zero-order valence-corrected chi connectivity index (χ0v) is 17.7. The van der Waals surface area contributed by atoms with E-state index in [1.54, 1.807) is 17.0 Å². The van der Waals surface area contributed by atoms with E-state index >= 15 is 0 Å². The van der Waals surface area contributed by atoms with E-state index in [-0.39, 0.29) is 35.3 Å². The lowest BCUT2D eigenvalue weighted by molar-refractivity contribution is -0.159. The molecule has 1 saturated carbocycles. The van der Waals surface area contributed by atoms with Gasteiger partial charge in [-0.3, -0.25) is 9.59 Å². The molecule has 0 radical (unpaired) electrons. The second kappa shape index (κ2) is 8.44. The average Bonchev–Trinajstić information content (AvgIpc) is 3.54. The van der Waals surface area contributed by atoms with Gasteiger partial charge in [-0.25, -0.2) is 0 Å². The van der Waals surface area contributed by atoms with E-state index in [1.807, 2.05) is 0 Å². The van der Waals surface area contributed by atoms with E-state index in [4.69, 9.17) is 4.74 Å². The Kier molecular flexibility index (Phi) is 5.59. The standard InChI is InChI=1S/C22H23F3N4O4/c23-22(24,25)21-27-18(28-33-21)12-7-8-13-11-29(20(31)14(13)10-12)16-5-2-1-4-15(16)26-19(30)17-6-3-9-32-17/h7-8,10,15-17H,1-6,9,11H2,(H,26,30)/t15?,16?,17-/m0/s1. The van der Waals surface area contributed by atoms with Crippen LogP contribution in [0.2, 0.25) is 0 Å². The van der Waals surface area contributed by atoms with Crippen LogP contribution in [0.1, 0.15) is 60.3 Å². The molecule has 1 aromatic heterocycles. The maximum Gasteiger partial charge on any atom is 0.471 e. The van der Waals surface area contributed by atoms with Crippen LogP contribution in [0, 0.1) is 0 Å². The van der Waals surface area contributed by atoms with Crippen molar-refractivity contribution in [3.63, 3.8) is 0 Å². The van der Waals surface area contributed by atoms with E-state index < -0.39 is 18.2 Å². The van der Waals surface area contributed by atoms with E-state index in [9.17, 15) is 22.8 Å². The van der Waals surface area contributed by atoms with Crippen LogP contribution in [0.3, 0.4) is 0 Å². The van der Waals surface area contributed by atoms with Gasteiger partial charge >= 0.3 is 12.1 Å². The molecule has 2 amide bonds. The molecule has 0 spiro atoms. The topological polar surface area (TPSA) is 97.6 Å². The van der Waals surface area contributed by atoms with Crippen molar-refractivity contribution in [1.29, 1.82) is 0 Å². The second-order valence-corrected chi connectivity index (χ2v) is 8.69. The number of fused-ring (bicyclic) bond motifs is 1. The van der Waals surface area contributed by atoms with Crippen LogP contribution in [0.25, 0.3) is 11.4 Å². The number of hydrogen-bond acceptors (Lipinski definition) is 6. The van der Waals surface area contributed by atoms with Gasteiger partial charge < -0.3 is 19.5 Å². The number of aromatic nitrogens is 2. The highest BCUT2D eigenvalue weighted by molar-refractivity contribution is 5.99. The molecule has 11 heteroatoms. The number of ether oxygens (including phenoxy) is 1. The van der Waals surface area contributed by atoms with Gasteiger partial charge in [0.05, 0.1) is 6.04 Å². The molecular weight excluding hydrogens is 441 g/mol. The summed E-state index contributed by atoms with van der Waals surface area (Å²) in [6.45, 7) is 0.963. The smallest absolute Gasteiger partial charge is 0.368 e. The van der Waals surface area contributed by atoms with Crippen molar-refractivity contribution in [2.75, 3.05) is 6.61 Å². The van der Waals surface area contributed by atoms with E-state index in [0.29, 0.717) is 25.1 Å². The molecule has 1 N–H and O–H groups in total. The summed E-state index contributed by atoms with van der Waals surface area (Å²) in [5, 5.41) is 6.50. The van der Waals surface area contributed by atoms with Crippen molar-refractivity contribution in [2.24, 2.45) is 0 Å². The number of nitrogens with zero attached hydrogens (tertiary/aromatic N) is 3. The molecule has 3 atom stereocenters. The molecule has 1 aliphatic carbocycles. The van der Waals surface area contributed by atoms with Gasteiger partial charge in [-0.2, -0.15) is 18.2 Å². The number of halogens is 3. The number of rotatable bonds is 4. The lowest BCUT2D eigenvalue weighted by Crippen LogP contribution is -2.55. The number of alkyl halides is 3. The molecule has 176 valence electrons. The van der Waals surface area contributed by atoms with Crippen LogP contribution >= 0.6 is 0 Å². The van der Waals surface area contributed by atoms with E-state index in [1.165, 1.54) is 6.07 Å². The first kappa shape index (κ1) is 21.9. The molecule has 3 aliphatic rings. The highest BCUT2D eigenvalue weighted by Gasteiger charge is 2.41. The molecule has 0 bridgehead atoms. The fourth-order valence-electron chi connectivity index (χ4n) is 4.90. The van der Waals surface area contributed by atoms with Gasteiger partial charge in [-0.1, -0.05) is 30.1 Å². The third-order valence-electron chi connectivity index (χ3n) is 6.55. The minimum Gasteiger partial charge on any atom is -0.368 e. The third-order valence-corrected chi connectivity index (χ3v) is 6.55. The summed E-state index contributed by atoms with van der Waals surface area (Å²) in [5.41, 5.74) is 1.45. The van der Waals surface area contributed by atoms with Crippen molar-refractivity contribution in [2.45, 2.75) is 69.4 Å². The Morgan fingerprint density at radius 1 is 1.15 bits per heavy atom. The van der Waals surface area contributed by atoms with Gasteiger partial charge in [0.25, 0.3) is 5.91 Å². The number of amides is 2. The van der Waals surface area contributed by atoms with Gasteiger partial charge in [-0.15, -0.1) is 0 Å². The van der Waals surface area contributed by atoms with Gasteiger partial charge in [0.15, 0.2) is 0 Å². The normalized spacial score (nSPS) is 25.4. The fraction of sp³-hybridized carbons (Fsp3) is 0.545. The maximum atomic E-state index is 13.3. The Morgan fingerprint density at radius 2 is 1.97 bits per heavy atom. The summed E-state index contributed by atoms with van der Waals surface area (Å²) >= 11 is 0. The van der Waals surface area contributed by atoms with Crippen LogP contribution in [0.15, 0.2) is 22.7 Å². The summed E-state index contributed by atoms with van der Waals surface area (Å²) in [4.78, 5) is 31.0. The summed E-state index contributed by atoms with van der Waals surface area (Å²) in [6, 6.07) is 4.47. The zero-order valence-electron chi connectivity index (χ0n) is 17.7. The summed E-state index contributed by atoms with van der Waals surface area (Å²) in [5.74, 6) is -2.00. The quantitative estimate of drug-likeness (QED) is 0.746. The number of carbonyl (C=O) groups is 2. The van der Waals surface area contributed by atoms with E-state index in [0.717, 1.165) is 37.7 Å². The predicted molar refractivity (Wildman–Crippen MR) is 108 cm³/mol. The molecule has 5 rings (SSSR count). The van der Waals surface area contributed by atoms with Crippen molar-refractivity contribution in [3.8, 4) is 11.4 Å². The van der Waals surface area contributed by atoms with Crippen LogP contribution in [0.4, 0.5) is 13.2 Å². The first-order valence-corrected chi connectivity index (χ1v) is 11.1. The summed E-state index contributed by atoms with van der Waals surface area (Å²) in [7, 11) is 0.